The molecule has 0 amide bonds. The summed E-state index contributed by atoms with van der Waals surface area (Å²) in [5, 5.41) is 5.54. The number of ether oxygens (including phenoxy) is 2. The van der Waals surface area contributed by atoms with Gasteiger partial charge in [-0.05, 0) is 31.2 Å². The first-order chi connectivity index (χ1) is 12.1. The molecule has 0 aliphatic heterocycles. The summed E-state index contributed by atoms with van der Waals surface area (Å²) in [7, 11) is 1.90. The van der Waals surface area contributed by atoms with Gasteiger partial charge >= 0.3 is 5.97 Å². The highest BCUT2D eigenvalue weighted by atomic mass is 79.9. The Morgan fingerprint density at radius 3 is 2.84 bits per heavy atom. The zero-order chi connectivity index (χ0) is 17.8. The highest BCUT2D eigenvalue weighted by Crippen LogP contribution is 2.25. The van der Waals surface area contributed by atoms with E-state index in [0.29, 0.717) is 19.0 Å². The Balaban J connectivity index is 1.82. The summed E-state index contributed by atoms with van der Waals surface area (Å²) in [4.78, 5) is 11.8. The van der Waals surface area contributed by atoms with E-state index in [4.69, 9.17) is 9.47 Å². The number of hydrogen-bond donors (Lipinski definition) is 0. The van der Waals surface area contributed by atoms with Crippen molar-refractivity contribution in [3.8, 4) is 5.75 Å². The summed E-state index contributed by atoms with van der Waals surface area (Å²) in [5.41, 5.74) is 2.71. The second kappa shape index (κ2) is 7.70. The first kappa shape index (κ1) is 17.5. The lowest BCUT2D eigenvalue weighted by atomic mass is 10.1. The van der Waals surface area contributed by atoms with E-state index in [2.05, 4.69) is 21.0 Å². The third kappa shape index (κ3) is 4.02. The standard InChI is InChI=1S/C19H19BrN2O3/c1-3-24-19(23)10-13-6-4-5-7-18(13)25-12-17-15-11-14(20)8-9-16(15)21-22(17)2/h4-9,11H,3,10,12H2,1-2H3. The molecular formula is C19H19BrN2O3. The summed E-state index contributed by atoms with van der Waals surface area (Å²) in [6, 6.07) is 13.5. The predicted molar refractivity (Wildman–Crippen MR) is 99.5 cm³/mol. The second-order valence-corrected chi connectivity index (χ2v) is 6.53. The zero-order valence-corrected chi connectivity index (χ0v) is 15.7. The van der Waals surface area contributed by atoms with E-state index in [1.165, 1.54) is 0 Å². The topological polar surface area (TPSA) is 53.4 Å². The van der Waals surface area contributed by atoms with Crippen molar-refractivity contribution in [1.82, 2.24) is 9.78 Å². The van der Waals surface area contributed by atoms with Crippen LogP contribution in [0.4, 0.5) is 0 Å². The molecule has 0 aliphatic carbocycles. The van der Waals surface area contributed by atoms with Crippen molar-refractivity contribution < 1.29 is 14.3 Å². The van der Waals surface area contributed by atoms with Gasteiger partial charge in [0, 0.05) is 22.5 Å². The molecule has 1 aromatic heterocycles. The van der Waals surface area contributed by atoms with Gasteiger partial charge in [-0.2, -0.15) is 5.10 Å². The first-order valence-electron chi connectivity index (χ1n) is 8.06. The molecule has 3 rings (SSSR count). The molecule has 0 N–H and O–H groups in total. The van der Waals surface area contributed by atoms with Gasteiger partial charge in [0.15, 0.2) is 0 Å². The monoisotopic (exact) mass is 402 g/mol. The minimum absolute atomic E-state index is 0.196. The summed E-state index contributed by atoms with van der Waals surface area (Å²) in [6.07, 6.45) is 0.196. The number of rotatable bonds is 6. The van der Waals surface area contributed by atoms with Crippen LogP contribution < -0.4 is 4.74 Å². The molecule has 3 aromatic rings. The molecule has 0 unspecified atom stereocenters. The van der Waals surface area contributed by atoms with Crippen LogP contribution in [0.1, 0.15) is 18.2 Å². The maximum absolute atomic E-state index is 11.8. The number of aryl methyl sites for hydroxylation is 1. The molecule has 0 aliphatic rings. The molecule has 25 heavy (non-hydrogen) atoms. The van der Waals surface area contributed by atoms with Gasteiger partial charge in [-0.25, -0.2) is 0 Å². The number of nitrogens with zero attached hydrogens (tertiary/aromatic N) is 2. The Morgan fingerprint density at radius 2 is 2.04 bits per heavy atom. The normalized spacial score (nSPS) is 10.8. The van der Waals surface area contributed by atoms with Crippen LogP contribution in [-0.4, -0.2) is 22.4 Å². The fraction of sp³-hybridized carbons (Fsp3) is 0.263. The third-order valence-electron chi connectivity index (χ3n) is 3.89. The average molecular weight is 403 g/mol. The minimum Gasteiger partial charge on any atom is -0.487 e. The van der Waals surface area contributed by atoms with E-state index in [0.717, 1.165) is 26.6 Å². The first-order valence-corrected chi connectivity index (χ1v) is 8.85. The lowest BCUT2D eigenvalue weighted by molar-refractivity contribution is -0.142. The van der Waals surface area contributed by atoms with Crippen LogP contribution in [-0.2, 0) is 29.6 Å². The quantitative estimate of drug-likeness (QED) is 0.584. The Morgan fingerprint density at radius 1 is 1.24 bits per heavy atom. The number of aromatic nitrogens is 2. The summed E-state index contributed by atoms with van der Waals surface area (Å²) < 4.78 is 13.9. The molecule has 0 saturated heterocycles. The lowest BCUT2D eigenvalue weighted by Crippen LogP contribution is -2.09. The fourth-order valence-electron chi connectivity index (χ4n) is 2.70. The third-order valence-corrected chi connectivity index (χ3v) is 4.39. The van der Waals surface area contributed by atoms with Crippen molar-refractivity contribution in [2.45, 2.75) is 20.0 Å². The van der Waals surface area contributed by atoms with Gasteiger partial charge in [0.1, 0.15) is 12.4 Å². The molecule has 130 valence electrons. The smallest absolute Gasteiger partial charge is 0.310 e. The molecule has 6 heteroatoms. The summed E-state index contributed by atoms with van der Waals surface area (Å²) in [6.45, 7) is 2.53. The maximum Gasteiger partial charge on any atom is 0.310 e. The fourth-order valence-corrected chi connectivity index (χ4v) is 3.06. The lowest BCUT2D eigenvalue weighted by Gasteiger charge is -2.11. The Hall–Kier alpha value is -2.34. The SMILES string of the molecule is CCOC(=O)Cc1ccccc1OCc1c2cc(Br)ccc2nn1C. The highest BCUT2D eigenvalue weighted by Gasteiger charge is 2.13. The largest absolute Gasteiger partial charge is 0.487 e. The number of carbonyl (C=O) groups is 1. The Labute approximate surface area is 154 Å². The van der Waals surface area contributed by atoms with Gasteiger partial charge in [0.2, 0.25) is 0 Å². The summed E-state index contributed by atoms with van der Waals surface area (Å²) >= 11 is 3.50. The minimum atomic E-state index is -0.256. The van der Waals surface area contributed by atoms with E-state index >= 15 is 0 Å². The van der Waals surface area contributed by atoms with E-state index in [-0.39, 0.29) is 12.4 Å². The average Bonchev–Trinajstić information content (AvgIpc) is 2.89. The Bertz CT molecular complexity index is 905. The van der Waals surface area contributed by atoms with Crippen LogP contribution in [0.25, 0.3) is 10.9 Å². The van der Waals surface area contributed by atoms with Gasteiger partial charge in [-0.3, -0.25) is 9.48 Å². The maximum atomic E-state index is 11.8. The number of carbonyl (C=O) groups excluding carboxylic acids is 1. The molecule has 0 bridgehead atoms. The van der Waals surface area contributed by atoms with E-state index in [1.807, 2.05) is 54.2 Å². The number of fused-ring (bicyclic) bond motifs is 1. The molecular weight excluding hydrogens is 384 g/mol. The number of para-hydroxylation sites is 1. The van der Waals surface area contributed by atoms with Crippen LogP contribution in [0.5, 0.6) is 5.75 Å². The van der Waals surface area contributed by atoms with Gasteiger partial charge in [-0.15, -0.1) is 0 Å². The highest BCUT2D eigenvalue weighted by molar-refractivity contribution is 9.10. The van der Waals surface area contributed by atoms with Crippen molar-refractivity contribution in [2.75, 3.05) is 6.61 Å². The number of halogens is 1. The van der Waals surface area contributed by atoms with E-state index in [1.54, 1.807) is 6.92 Å². The molecule has 5 nitrogen and oxygen atoms in total. The van der Waals surface area contributed by atoms with Gasteiger partial charge in [-0.1, -0.05) is 34.1 Å². The second-order valence-electron chi connectivity index (χ2n) is 5.61. The van der Waals surface area contributed by atoms with Gasteiger partial charge in [0.05, 0.1) is 24.2 Å². The zero-order valence-electron chi connectivity index (χ0n) is 14.2. The number of hydrogen-bond acceptors (Lipinski definition) is 4. The van der Waals surface area contributed by atoms with Crippen molar-refractivity contribution >= 4 is 32.8 Å². The van der Waals surface area contributed by atoms with Gasteiger partial charge < -0.3 is 9.47 Å². The number of esters is 1. The summed E-state index contributed by atoms with van der Waals surface area (Å²) in [5.74, 6) is 0.424. The van der Waals surface area contributed by atoms with Crippen molar-refractivity contribution in [3.63, 3.8) is 0 Å². The van der Waals surface area contributed by atoms with Gasteiger partial charge in [0.25, 0.3) is 0 Å². The molecule has 1 heterocycles. The van der Waals surface area contributed by atoms with Crippen LogP contribution in [0.3, 0.4) is 0 Å². The van der Waals surface area contributed by atoms with Crippen molar-refractivity contribution in [2.24, 2.45) is 7.05 Å². The molecule has 0 fully saturated rings. The van der Waals surface area contributed by atoms with Crippen LogP contribution in [0.2, 0.25) is 0 Å². The van der Waals surface area contributed by atoms with Crippen molar-refractivity contribution in [1.29, 1.82) is 0 Å². The Kier molecular flexibility index (Phi) is 5.38. The molecule has 0 spiro atoms. The van der Waals surface area contributed by atoms with Crippen molar-refractivity contribution in [3.05, 3.63) is 58.2 Å². The van der Waals surface area contributed by atoms with E-state index in [9.17, 15) is 4.79 Å². The van der Waals surface area contributed by atoms with Crippen LogP contribution in [0.15, 0.2) is 46.9 Å². The number of benzene rings is 2. The molecule has 0 saturated carbocycles. The van der Waals surface area contributed by atoms with Crippen LogP contribution in [0, 0.1) is 0 Å². The predicted octanol–water partition coefficient (Wildman–Crippen LogP) is 4.02. The molecule has 0 radical (unpaired) electrons. The molecule has 0 atom stereocenters. The van der Waals surface area contributed by atoms with Crippen LogP contribution >= 0.6 is 15.9 Å². The van der Waals surface area contributed by atoms with E-state index < -0.39 is 0 Å². The molecule has 2 aromatic carbocycles.